The smallest absolute Gasteiger partial charge is 0.465 e. The van der Waals surface area contributed by atoms with Crippen LogP contribution in [0.25, 0.3) is 0 Å². The highest BCUT2D eigenvalue weighted by Crippen LogP contribution is 2.40. The van der Waals surface area contributed by atoms with Crippen molar-refractivity contribution in [3.05, 3.63) is 29.8 Å². The van der Waals surface area contributed by atoms with E-state index < -0.39 is 29.8 Å². The highest BCUT2D eigenvalue weighted by Gasteiger charge is 2.44. The van der Waals surface area contributed by atoms with Gasteiger partial charge in [0.1, 0.15) is 11.8 Å². The summed E-state index contributed by atoms with van der Waals surface area (Å²) in [4.78, 5) is 25.5. The molecule has 2 rings (SSSR count). The van der Waals surface area contributed by atoms with E-state index >= 15 is 0 Å². The number of ketones is 1. The van der Waals surface area contributed by atoms with Crippen LogP contribution in [0.2, 0.25) is 0 Å². The van der Waals surface area contributed by atoms with E-state index in [1.807, 2.05) is 0 Å². The third-order valence-corrected chi connectivity index (χ3v) is 3.87. The fraction of sp³-hybridized carbons (Fsp3) is 0.529. The molecule has 1 unspecified atom stereocenters. The third kappa shape index (κ3) is 4.87. The first-order valence-electron chi connectivity index (χ1n) is 7.82. The molecule has 0 radical (unpaired) electrons. The Morgan fingerprint density at radius 1 is 1.16 bits per heavy atom. The summed E-state index contributed by atoms with van der Waals surface area (Å²) >= 11 is 0. The van der Waals surface area contributed by atoms with Gasteiger partial charge in [-0.2, -0.15) is 0 Å². The van der Waals surface area contributed by atoms with Gasteiger partial charge < -0.3 is 9.84 Å². The summed E-state index contributed by atoms with van der Waals surface area (Å²) in [6.07, 6.45) is -4.68. The minimum atomic E-state index is -4.82. The molecule has 0 aromatic heterocycles. The van der Waals surface area contributed by atoms with Crippen LogP contribution in [-0.4, -0.2) is 33.8 Å². The molecule has 1 amide bonds. The Morgan fingerprint density at radius 2 is 1.68 bits per heavy atom. The standard InChI is InChI=1S/C17H20F3NO4/c1-16(2,3)21(15(23)24)13(14(22)11-4-5-11)10-6-8-12(9-7-10)25-17(18,19)20/h6-9,11,13H,4-5H2,1-3H3,(H,23,24). The summed E-state index contributed by atoms with van der Waals surface area (Å²) in [5.74, 6) is -0.867. The van der Waals surface area contributed by atoms with Gasteiger partial charge in [0.05, 0.1) is 0 Å². The van der Waals surface area contributed by atoms with Crippen molar-refractivity contribution in [3.63, 3.8) is 0 Å². The van der Waals surface area contributed by atoms with E-state index in [0.29, 0.717) is 18.4 Å². The largest absolute Gasteiger partial charge is 0.573 e. The molecular formula is C17H20F3NO4. The maximum Gasteiger partial charge on any atom is 0.573 e. The Kier molecular flexibility index (Phi) is 5.02. The highest BCUT2D eigenvalue weighted by molar-refractivity contribution is 5.92. The van der Waals surface area contributed by atoms with E-state index in [2.05, 4.69) is 4.74 Å². The summed E-state index contributed by atoms with van der Waals surface area (Å²) in [6, 6.07) is 3.70. The summed E-state index contributed by atoms with van der Waals surface area (Å²) in [6.45, 7) is 4.99. The van der Waals surface area contributed by atoms with E-state index in [9.17, 15) is 27.9 Å². The second-order valence-electron chi connectivity index (χ2n) is 7.02. The summed E-state index contributed by atoms with van der Waals surface area (Å²) in [5.41, 5.74) is -0.536. The molecule has 0 aliphatic heterocycles. The average molecular weight is 359 g/mol. The molecule has 0 bridgehead atoms. The monoisotopic (exact) mass is 359 g/mol. The van der Waals surface area contributed by atoms with Crippen LogP contribution in [0.3, 0.4) is 0 Å². The molecule has 25 heavy (non-hydrogen) atoms. The van der Waals surface area contributed by atoms with Crippen LogP contribution in [0.15, 0.2) is 24.3 Å². The Morgan fingerprint density at radius 3 is 2.04 bits per heavy atom. The highest BCUT2D eigenvalue weighted by atomic mass is 19.4. The lowest BCUT2D eigenvalue weighted by molar-refractivity contribution is -0.274. The van der Waals surface area contributed by atoms with Gasteiger partial charge in [0.15, 0.2) is 5.78 Å². The van der Waals surface area contributed by atoms with E-state index in [1.54, 1.807) is 20.8 Å². The Labute approximate surface area is 143 Å². The molecule has 1 atom stereocenters. The number of carbonyl (C=O) groups excluding carboxylic acids is 1. The number of halogens is 3. The second kappa shape index (κ2) is 6.57. The molecule has 138 valence electrons. The van der Waals surface area contributed by atoms with E-state index in [1.165, 1.54) is 12.1 Å². The maximum absolute atomic E-state index is 12.7. The molecule has 1 aromatic rings. The fourth-order valence-electron chi connectivity index (χ4n) is 2.67. The lowest BCUT2D eigenvalue weighted by Crippen LogP contribution is -2.49. The summed E-state index contributed by atoms with van der Waals surface area (Å²) < 4.78 is 40.6. The molecule has 0 spiro atoms. The number of carboxylic acid groups (broad SMARTS) is 1. The van der Waals surface area contributed by atoms with Gasteiger partial charge in [0.25, 0.3) is 0 Å². The first-order valence-corrected chi connectivity index (χ1v) is 7.82. The quantitative estimate of drug-likeness (QED) is 0.847. The number of nitrogens with zero attached hydrogens (tertiary/aromatic N) is 1. The van der Waals surface area contributed by atoms with Crippen molar-refractivity contribution in [2.45, 2.75) is 51.6 Å². The first kappa shape index (κ1) is 19.1. The zero-order valence-electron chi connectivity index (χ0n) is 14.1. The third-order valence-electron chi connectivity index (χ3n) is 3.87. The molecule has 5 nitrogen and oxygen atoms in total. The van der Waals surface area contributed by atoms with Crippen molar-refractivity contribution in [1.82, 2.24) is 4.90 Å². The summed E-state index contributed by atoms with van der Waals surface area (Å²) in [5, 5.41) is 9.60. The molecule has 1 N–H and O–H groups in total. The van der Waals surface area contributed by atoms with Gasteiger partial charge in [-0.1, -0.05) is 12.1 Å². The normalized spacial score (nSPS) is 16.2. The topological polar surface area (TPSA) is 66.8 Å². The van der Waals surface area contributed by atoms with Gasteiger partial charge in [-0.3, -0.25) is 9.69 Å². The minimum absolute atomic E-state index is 0.208. The van der Waals surface area contributed by atoms with Crippen molar-refractivity contribution in [2.24, 2.45) is 5.92 Å². The molecule has 1 aromatic carbocycles. The number of hydrogen-bond donors (Lipinski definition) is 1. The van der Waals surface area contributed by atoms with Crippen LogP contribution in [0, 0.1) is 5.92 Å². The molecule has 1 aliphatic carbocycles. The number of benzene rings is 1. The maximum atomic E-state index is 12.7. The van der Waals surface area contributed by atoms with Crippen molar-refractivity contribution >= 4 is 11.9 Å². The van der Waals surface area contributed by atoms with Crippen LogP contribution < -0.4 is 4.74 Å². The SMILES string of the molecule is CC(C)(C)N(C(=O)O)C(C(=O)C1CC1)c1ccc(OC(F)(F)F)cc1. The predicted octanol–water partition coefficient (Wildman–Crippen LogP) is 4.38. The minimum Gasteiger partial charge on any atom is -0.465 e. The predicted molar refractivity (Wildman–Crippen MR) is 83.2 cm³/mol. The number of rotatable bonds is 5. The Hall–Kier alpha value is -2.25. The van der Waals surface area contributed by atoms with Crippen LogP contribution >= 0.6 is 0 Å². The first-order chi connectivity index (χ1) is 11.4. The van der Waals surface area contributed by atoms with E-state index in [-0.39, 0.29) is 11.7 Å². The van der Waals surface area contributed by atoms with Gasteiger partial charge in [-0.15, -0.1) is 13.2 Å². The molecule has 1 aliphatic rings. The van der Waals surface area contributed by atoms with Gasteiger partial charge in [-0.05, 0) is 51.3 Å². The van der Waals surface area contributed by atoms with Crippen LogP contribution in [-0.2, 0) is 4.79 Å². The van der Waals surface area contributed by atoms with Gasteiger partial charge in [0, 0.05) is 11.5 Å². The number of Topliss-reactive ketones (excluding diaryl/α,β-unsaturated/α-hetero) is 1. The molecule has 0 saturated heterocycles. The fourth-order valence-corrected chi connectivity index (χ4v) is 2.67. The summed E-state index contributed by atoms with van der Waals surface area (Å²) in [7, 11) is 0. The lowest BCUT2D eigenvalue weighted by atomic mass is 9.93. The van der Waals surface area contributed by atoms with Crippen LogP contribution in [0.4, 0.5) is 18.0 Å². The zero-order chi connectivity index (χ0) is 19.0. The van der Waals surface area contributed by atoms with Crippen molar-refractivity contribution < 1.29 is 32.6 Å². The van der Waals surface area contributed by atoms with Gasteiger partial charge >= 0.3 is 12.5 Å². The second-order valence-corrected chi connectivity index (χ2v) is 7.02. The lowest BCUT2D eigenvalue weighted by Gasteiger charge is -2.39. The Balaban J connectivity index is 2.38. The molecular weight excluding hydrogens is 339 g/mol. The zero-order valence-corrected chi connectivity index (χ0v) is 14.1. The number of alkyl halides is 3. The van der Waals surface area contributed by atoms with Crippen molar-refractivity contribution in [3.8, 4) is 5.75 Å². The molecule has 0 heterocycles. The average Bonchev–Trinajstić information content (AvgIpc) is 3.26. The Bertz CT molecular complexity index is 645. The number of amides is 1. The molecule has 8 heteroatoms. The number of hydrogen-bond acceptors (Lipinski definition) is 3. The number of ether oxygens (including phenoxy) is 1. The number of carbonyl (C=O) groups is 2. The van der Waals surface area contributed by atoms with E-state index in [4.69, 9.17) is 0 Å². The van der Waals surface area contributed by atoms with E-state index in [0.717, 1.165) is 17.0 Å². The van der Waals surface area contributed by atoms with Crippen LogP contribution in [0.1, 0.15) is 45.2 Å². The van der Waals surface area contributed by atoms with Gasteiger partial charge in [0.2, 0.25) is 0 Å². The molecule has 1 fully saturated rings. The van der Waals surface area contributed by atoms with Crippen LogP contribution in [0.5, 0.6) is 5.75 Å². The molecule has 1 saturated carbocycles. The van der Waals surface area contributed by atoms with Gasteiger partial charge in [-0.25, -0.2) is 4.79 Å². The van der Waals surface area contributed by atoms with Crippen molar-refractivity contribution in [1.29, 1.82) is 0 Å². The van der Waals surface area contributed by atoms with Crippen molar-refractivity contribution in [2.75, 3.05) is 0 Å².